The second-order valence-electron chi connectivity index (χ2n) is 5.38. The molecule has 26 heavy (non-hydrogen) atoms. The maximum atomic E-state index is 12.3. The Morgan fingerprint density at radius 3 is 2.85 bits per heavy atom. The van der Waals surface area contributed by atoms with Crippen LogP contribution in [0.3, 0.4) is 0 Å². The Hall–Kier alpha value is -3.07. The highest BCUT2D eigenvalue weighted by atomic mass is 32.1. The highest BCUT2D eigenvalue weighted by Gasteiger charge is 2.20. The van der Waals surface area contributed by atoms with E-state index < -0.39 is 18.5 Å². The smallest absolute Gasteiger partial charge is 0.342 e. The minimum Gasteiger partial charge on any atom is -0.452 e. The molecule has 134 valence electrons. The van der Waals surface area contributed by atoms with Crippen LogP contribution < -0.4 is 5.32 Å². The zero-order valence-corrected chi connectivity index (χ0v) is 15.1. The fourth-order valence-corrected chi connectivity index (χ4v) is 3.04. The number of anilines is 1. The van der Waals surface area contributed by atoms with Gasteiger partial charge >= 0.3 is 5.97 Å². The van der Waals surface area contributed by atoms with Crippen LogP contribution in [0.25, 0.3) is 5.82 Å². The lowest BCUT2D eigenvalue weighted by Crippen LogP contribution is -2.21. The second-order valence-corrected chi connectivity index (χ2v) is 6.23. The van der Waals surface area contributed by atoms with E-state index >= 15 is 0 Å². The van der Waals surface area contributed by atoms with Gasteiger partial charge in [-0.15, -0.1) is 11.3 Å². The molecule has 0 radical (unpaired) electrons. The Labute approximate surface area is 153 Å². The van der Waals surface area contributed by atoms with Gasteiger partial charge in [0.05, 0.1) is 17.6 Å². The van der Waals surface area contributed by atoms with Gasteiger partial charge in [-0.1, -0.05) is 13.0 Å². The van der Waals surface area contributed by atoms with Crippen LogP contribution in [0.5, 0.6) is 0 Å². The van der Waals surface area contributed by atoms with Gasteiger partial charge < -0.3 is 4.74 Å². The lowest BCUT2D eigenvalue weighted by molar-refractivity contribution is -0.119. The van der Waals surface area contributed by atoms with E-state index in [0.717, 1.165) is 5.69 Å². The highest BCUT2D eigenvalue weighted by Crippen LogP contribution is 2.16. The molecule has 0 aliphatic rings. The topological polar surface area (TPSA) is 99.0 Å². The summed E-state index contributed by atoms with van der Waals surface area (Å²) in [5.74, 6) is -0.433. The number of aryl methyl sites for hydroxylation is 1. The Kier molecular flexibility index (Phi) is 5.37. The molecule has 9 heteroatoms. The summed E-state index contributed by atoms with van der Waals surface area (Å²) in [5, 5.41) is 9.10. The van der Waals surface area contributed by atoms with Crippen molar-refractivity contribution in [3.05, 3.63) is 52.9 Å². The average Bonchev–Trinajstić information content (AvgIpc) is 3.26. The summed E-state index contributed by atoms with van der Waals surface area (Å²) in [6.07, 6.45) is 3.64. The van der Waals surface area contributed by atoms with Crippen LogP contribution in [0.4, 0.5) is 5.13 Å². The number of carbonyl (C=O) groups is 2. The van der Waals surface area contributed by atoms with Crippen molar-refractivity contribution in [2.75, 3.05) is 11.9 Å². The molecule has 0 fully saturated rings. The number of aromatic nitrogens is 4. The molecule has 3 aromatic rings. The third kappa shape index (κ3) is 3.94. The van der Waals surface area contributed by atoms with Gasteiger partial charge in [0.1, 0.15) is 5.56 Å². The Morgan fingerprint density at radius 2 is 2.19 bits per heavy atom. The number of amides is 1. The van der Waals surface area contributed by atoms with Gasteiger partial charge in [0, 0.05) is 11.6 Å². The Morgan fingerprint density at radius 1 is 1.35 bits per heavy atom. The summed E-state index contributed by atoms with van der Waals surface area (Å²) in [5.41, 5.74) is 1.80. The number of esters is 1. The molecule has 0 aliphatic carbocycles. The number of hydrogen-bond donors (Lipinski definition) is 1. The molecule has 3 heterocycles. The maximum Gasteiger partial charge on any atom is 0.342 e. The fraction of sp³-hybridized carbons (Fsp3) is 0.235. The molecule has 0 atom stereocenters. The number of rotatable bonds is 6. The van der Waals surface area contributed by atoms with Gasteiger partial charge in [-0.05, 0) is 25.5 Å². The van der Waals surface area contributed by atoms with E-state index in [1.807, 2.05) is 25.3 Å². The summed E-state index contributed by atoms with van der Waals surface area (Å²) < 4.78 is 6.70. The SMILES string of the molecule is CCc1c(C(=O)OCC(=O)Nc2nc(C)cs2)cnn1-c1ccccn1. The number of thiazole rings is 1. The zero-order chi connectivity index (χ0) is 18.5. The lowest BCUT2D eigenvalue weighted by Gasteiger charge is -2.07. The summed E-state index contributed by atoms with van der Waals surface area (Å²) in [4.78, 5) is 32.6. The molecule has 0 aliphatic heterocycles. The first-order chi connectivity index (χ1) is 12.6. The van der Waals surface area contributed by atoms with Crippen LogP contribution in [0, 0.1) is 6.92 Å². The van der Waals surface area contributed by atoms with Crippen LogP contribution in [0.2, 0.25) is 0 Å². The molecule has 1 amide bonds. The summed E-state index contributed by atoms with van der Waals surface area (Å²) in [7, 11) is 0. The summed E-state index contributed by atoms with van der Waals surface area (Å²) in [6, 6.07) is 5.44. The van der Waals surface area contributed by atoms with Crippen molar-refractivity contribution in [1.82, 2.24) is 19.7 Å². The third-order valence-electron chi connectivity index (χ3n) is 3.49. The van der Waals surface area contributed by atoms with Crippen molar-refractivity contribution < 1.29 is 14.3 Å². The normalized spacial score (nSPS) is 10.5. The molecule has 8 nitrogen and oxygen atoms in total. The van der Waals surface area contributed by atoms with Crippen LogP contribution in [-0.2, 0) is 16.0 Å². The first-order valence-electron chi connectivity index (χ1n) is 7.96. The third-order valence-corrected chi connectivity index (χ3v) is 4.37. The van der Waals surface area contributed by atoms with Gasteiger partial charge in [0.25, 0.3) is 5.91 Å². The predicted molar refractivity (Wildman–Crippen MR) is 96.5 cm³/mol. The number of nitrogens with one attached hydrogen (secondary N) is 1. The number of pyridine rings is 1. The molecule has 0 aromatic carbocycles. The first kappa shape index (κ1) is 17.7. The maximum absolute atomic E-state index is 12.3. The molecule has 0 unspecified atom stereocenters. The van der Waals surface area contributed by atoms with Crippen molar-refractivity contribution in [2.45, 2.75) is 20.3 Å². The largest absolute Gasteiger partial charge is 0.452 e. The standard InChI is InChI=1S/C17H17N5O3S/c1-3-13-12(8-19-22(13)14-6-4-5-7-18-14)16(24)25-9-15(23)21-17-20-11(2)10-26-17/h4-8,10H,3,9H2,1-2H3,(H,20,21,23). The molecular formula is C17H17N5O3S. The number of ether oxygens (including phenoxy) is 1. The summed E-state index contributed by atoms with van der Waals surface area (Å²) >= 11 is 1.31. The van der Waals surface area contributed by atoms with Gasteiger partial charge in [-0.25, -0.2) is 19.4 Å². The van der Waals surface area contributed by atoms with Crippen LogP contribution in [-0.4, -0.2) is 38.2 Å². The minimum absolute atomic E-state index is 0.316. The van der Waals surface area contributed by atoms with Crippen LogP contribution in [0.15, 0.2) is 36.0 Å². The predicted octanol–water partition coefficient (Wildman–Crippen LogP) is 2.39. The first-order valence-corrected chi connectivity index (χ1v) is 8.84. The minimum atomic E-state index is -0.602. The highest BCUT2D eigenvalue weighted by molar-refractivity contribution is 7.13. The molecule has 0 saturated heterocycles. The van der Waals surface area contributed by atoms with Gasteiger partial charge in [-0.2, -0.15) is 5.10 Å². The van der Waals surface area contributed by atoms with Crippen molar-refractivity contribution >= 4 is 28.3 Å². The van der Waals surface area contributed by atoms with E-state index in [-0.39, 0.29) is 0 Å². The number of carbonyl (C=O) groups excluding carboxylic acids is 2. The molecule has 0 saturated carbocycles. The van der Waals surface area contributed by atoms with Crippen molar-refractivity contribution in [2.24, 2.45) is 0 Å². The molecule has 0 spiro atoms. The second kappa shape index (κ2) is 7.87. The van der Waals surface area contributed by atoms with Crippen LogP contribution >= 0.6 is 11.3 Å². The summed E-state index contributed by atoms with van der Waals surface area (Å²) in [6.45, 7) is 3.35. The molecular weight excluding hydrogens is 354 g/mol. The van der Waals surface area contributed by atoms with Crippen molar-refractivity contribution in [3.8, 4) is 5.82 Å². The molecule has 3 rings (SSSR count). The quantitative estimate of drug-likeness (QED) is 0.668. The van der Waals surface area contributed by atoms with Gasteiger partial charge in [0.2, 0.25) is 0 Å². The molecule has 3 aromatic heterocycles. The van der Waals surface area contributed by atoms with E-state index in [9.17, 15) is 9.59 Å². The van der Waals surface area contributed by atoms with E-state index in [1.165, 1.54) is 17.5 Å². The molecule has 1 N–H and O–H groups in total. The average molecular weight is 371 g/mol. The van der Waals surface area contributed by atoms with E-state index in [4.69, 9.17) is 4.74 Å². The van der Waals surface area contributed by atoms with E-state index in [2.05, 4.69) is 20.4 Å². The van der Waals surface area contributed by atoms with E-state index in [0.29, 0.717) is 28.6 Å². The van der Waals surface area contributed by atoms with Crippen molar-refractivity contribution in [3.63, 3.8) is 0 Å². The van der Waals surface area contributed by atoms with E-state index in [1.54, 1.807) is 23.0 Å². The zero-order valence-electron chi connectivity index (χ0n) is 14.3. The fourth-order valence-electron chi connectivity index (χ4n) is 2.34. The lowest BCUT2D eigenvalue weighted by atomic mass is 10.2. The van der Waals surface area contributed by atoms with Gasteiger partial charge in [-0.3, -0.25) is 10.1 Å². The van der Waals surface area contributed by atoms with Crippen LogP contribution in [0.1, 0.15) is 28.7 Å². The number of hydrogen-bond acceptors (Lipinski definition) is 7. The monoisotopic (exact) mass is 371 g/mol. The Bertz CT molecular complexity index is 920. The van der Waals surface area contributed by atoms with Crippen molar-refractivity contribution in [1.29, 1.82) is 0 Å². The Balaban J connectivity index is 1.66. The van der Waals surface area contributed by atoms with Gasteiger partial charge in [0.15, 0.2) is 17.6 Å². The number of nitrogens with zero attached hydrogens (tertiary/aromatic N) is 4. The molecule has 0 bridgehead atoms.